The summed E-state index contributed by atoms with van der Waals surface area (Å²) in [6, 6.07) is 11.7. The molecule has 2 aromatic heterocycles. The molecule has 0 radical (unpaired) electrons. The molecule has 7 heteroatoms. The number of nitrogens with zero attached hydrogens (tertiary/aromatic N) is 2. The summed E-state index contributed by atoms with van der Waals surface area (Å²) in [6.07, 6.45) is 1.81. The topological polar surface area (TPSA) is 54.9 Å². The Morgan fingerprint density at radius 3 is 2.70 bits per heavy atom. The third kappa shape index (κ3) is 4.25. The van der Waals surface area contributed by atoms with E-state index in [4.69, 9.17) is 11.6 Å². The number of rotatable bonds is 5. The summed E-state index contributed by atoms with van der Waals surface area (Å²) in [5.74, 6) is -0.252. The molecule has 3 aromatic rings. The van der Waals surface area contributed by atoms with Gasteiger partial charge in [0.1, 0.15) is 0 Å². The molecule has 1 N–H and O–H groups in total. The molecule has 0 spiro atoms. The van der Waals surface area contributed by atoms with Crippen molar-refractivity contribution in [3.8, 4) is 0 Å². The highest BCUT2D eigenvalue weighted by atomic mass is 35.5. The zero-order valence-corrected chi connectivity index (χ0v) is 14.3. The van der Waals surface area contributed by atoms with Crippen LogP contribution in [0.4, 0.5) is 0 Å². The highest BCUT2D eigenvalue weighted by Crippen LogP contribution is 2.25. The molecule has 0 aliphatic carbocycles. The number of hydrogen-bond acceptors (Lipinski definition) is 5. The van der Waals surface area contributed by atoms with Crippen molar-refractivity contribution in [3.05, 3.63) is 68.3 Å². The van der Waals surface area contributed by atoms with Crippen LogP contribution in [-0.4, -0.2) is 16.1 Å². The number of carbonyl (C=O) groups excluding carboxylic acids is 1. The van der Waals surface area contributed by atoms with Crippen LogP contribution in [0.2, 0.25) is 0 Å². The van der Waals surface area contributed by atoms with Crippen molar-refractivity contribution in [3.63, 3.8) is 0 Å². The lowest BCUT2D eigenvalue weighted by atomic mass is 10.2. The van der Waals surface area contributed by atoms with Crippen molar-refractivity contribution in [1.82, 2.24) is 15.5 Å². The van der Waals surface area contributed by atoms with Gasteiger partial charge in [-0.05, 0) is 34.0 Å². The Bertz CT molecular complexity index is 813. The molecule has 1 amide bonds. The first kappa shape index (κ1) is 15.9. The van der Waals surface area contributed by atoms with Gasteiger partial charge >= 0.3 is 0 Å². The van der Waals surface area contributed by atoms with Crippen LogP contribution in [0.1, 0.15) is 25.9 Å². The monoisotopic (exact) mass is 361 g/mol. The van der Waals surface area contributed by atoms with Crippen LogP contribution in [-0.2, 0) is 6.54 Å². The molecule has 0 unspecified atom stereocenters. The first-order chi connectivity index (χ1) is 11.2. The minimum Gasteiger partial charge on any atom is -0.346 e. The summed E-state index contributed by atoms with van der Waals surface area (Å²) < 4.78 is 0. The second kappa shape index (κ2) is 7.50. The summed E-state index contributed by atoms with van der Waals surface area (Å²) in [7, 11) is 0. The number of carbonyl (C=O) groups is 1. The van der Waals surface area contributed by atoms with E-state index in [-0.39, 0.29) is 5.91 Å². The number of halogens is 1. The van der Waals surface area contributed by atoms with E-state index in [9.17, 15) is 4.79 Å². The number of aromatic nitrogens is 2. The third-order valence-electron chi connectivity index (χ3n) is 2.96. The predicted molar refractivity (Wildman–Crippen MR) is 95.6 cm³/mol. The Kier molecular flexibility index (Phi) is 5.17. The lowest BCUT2D eigenvalue weighted by molar-refractivity contribution is 0.0950. The van der Waals surface area contributed by atoms with Crippen LogP contribution < -0.4 is 5.32 Å². The van der Waals surface area contributed by atoms with Crippen molar-refractivity contribution < 1.29 is 4.79 Å². The van der Waals surface area contributed by atoms with Gasteiger partial charge in [0.05, 0.1) is 5.03 Å². The lowest BCUT2D eigenvalue weighted by Gasteiger charge is -2.01. The van der Waals surface area contributed by atoms with E-state index in [2.05, 4.69) is 15.5 Å². The number of thiophene rings is 1. The van der Waals surface area contributed by atoms with Crippen LogP contribution in [0.3, 0.4) is 0 Å². The fourth-order valence-electron chi connectivity index (χ4n) is 1.83. The highest BCUT2D eigenvalue weighted by Gasteiger charge is 2.14. The Labute approximate surface area is 146 Å². The summed E-state index contributed by atoms with van der Waals surface area (Å²) in [5.41, 5.74) is 2.03. The zero-order chi connectivity index (χ0) is 16.1. The SMILES string of the molecule is O=C(NCc1ccccc1)c1nnc(C(Cl)=Cc2ccsc2)s1. The Hall–Kier alpha value is -2.02. The molecule has 0 atom stereocenters. The highest BCUT2D eigenvalue weighted by molar-refractivity contribution is 7.15. The van der Waals surface area contributed by atoms with Gasteiger partial charge in [-0.3, -0.25) is 4.79 Å². The molecular weight excluding hydrogens is 350 g/mol. The Morgan fingerprint density at radius 1 is 1.17 bits per heavy atom. The van der Waals surface area contributed by atoms with Crippen LogP contribution in [0, 0.1) is 0 Å². The Morgan fingerprint density at radius 2 is 1.96 bits per heavy atom. The molecule has 116 valence electrons. The fourth-order valence-corrected chi connectivity index (χ4v) is 3.40. The Balaban J connectivity index is 1.65. The van der Waals surface area contributed by atoms with Gasteiger partial charge in [-0.25, -0.2) is 0 Å². The second-order valence-corrected chi connectivity index (χ2v) is 6.79. The van der Waals surface area contributed by atoms with E-state index in [0.717, 1.165) is 11.1 Å². The molecule has 0 bridgehead atoms. The van der Waals surface area contributed by atoms with Crippen molar-refractivity contribution in [1.29, 1.82) is 0 Å². The van der Waals surface area contributed by atoms with E-state index in [1.54, 1.807) is 11.3 Å². The largest absolute Gasteiger partial charge is 0.346 e. The molecule has 1 aromatic carbocycles. The number of hydrogen-bond donors (Lipinski definition) is 1. The molecule has 2 heterocycles. The van der Waals surface area contributed by atoms with Gasteiger partial charge in [-0.2, -0.15) is 11.3 Å². The maximum Gasteiger partial charge on any atom is 0.282 e. The molecule has 0 aliphatic heterocycles. The minimum absolute atomic E-state index is 0.252. The van der Waals surface area contributed by atoms with Crippen molar-refractivity contribution in [2.45, 2.75) is 6.54 Å². The van der Waals surface area contributed by atoms with Crippen molar-refractivity contribution in [2.24, 2.45) is 0 Å². The van der Waals surface area contributed by atoms with E-state index in [1.165, 1.54) is 11.3 Å². The predicted octanol–water partition coefficient (Wildman–Crippen LogP) is 4.27. The van der Waals surface area contributed by atoms with E-state index in [0.29, 0.717) is 21.6 Å². The van der Waals surface area contributed by atoms with E-state index < -0.39 is 0 Å². The number of benzene rings is 1. The maximum atomic E-state index is 12.1. The fraction of sp³-hybridized carbons (Fsp3) is 0.0625. The quantitative estimate of drug-likeness (QED) is 0.738. The maximum absolute atomic E-state index is 12.1. The van der Waals surface area contributed by atoms with Crippen LogP contribution in [0.5, 0.6) is 0 Å². The van der Waals surface area contributed by atoms with Crippen LogP contribution in [0.15, 0.2) is 47.2 Å². The van der Waals surface area contributed by atoms with Crippen molar-refractivity contribution >= 4 is 51.3 Å². The normalized spacial score (nSPS) is 11.4. The summed E-state index contributed by atoms with van der Waals surface area (Å²) in [4.78, 5) is 12.1. The van der Waals surface area contributed by atoms with Crippen LogP contribution in [0.25, 0.3) is 11.1 Å². The second-order valence-electron chi connectivity index (χ2n) is 4.63. The molecular formula is C16H12ClN3OS2. The third-order valence-corrected chi connectivity index (χ3v) is 5.01. The summed E-state index contributed by atoms with van der Waals surface area (Å²) >= 11 is 9.00. The molecule has 0 fully saturated rings. The molecule has 0 aliphatic rings. The van der Waals surface area contributed by atoms with E-state index >= 15 is 0 Å². The standard InChI is InChI=1S/C16H12ClN3OS2/c17-13(8-12-6-7-22-10-12)15-19-20-16(23-15)14(21)18-9-11-4-2-1-3-5-11/h1-8,10H,9H2,(H,18,21). The van der Waals surface area contributed by atoms with Crippen LogP contribution >= 0.6 is 34.3 Å². The zero-order valence-electron chi connectivity index (χ0n) is 11.9. The average molecular weight is 362 g/mol. The van der Waals surface area contributed by atoms with Gasteiger partial charge in [-0.15, -0.1) is 10.2 Å². The van der Waals surface area contributed by atoms with Gasteiger partial charge in [-0.1, -0.05) is 53.3 Å². The van der Waals surface area contributed by atoms with Gasteiger partial charge in [0, 0.05) is 6.54 Å². The number of amides is 1. The molecule has 0 saturated carbocycles. The molecule has 4 nitrogen and oxygen atoms in total. The first-order valence-corrected chi connectivity index (χ1v) is 8.91. The lowest BCUT2D eigenvalue weighted by Crippen LogP contribution is -2.22. The minimum atomic E-state index is -0.252. The first-order valence-electron chi connectivity index (χ1n) is 6.78. The summed E-state index contributed by atoms with van der Waals surface area (Å²) in [6.45, 7) is 0.451. The van der Waals surface area contributed by atoms with E-state index in [1.807, 2.05) is 53.2 Å². The summed E-state index contributed by atoms with van der Waals surface area (Å²) in [5, 5.41) is 16.0. The van der Waals surface area contributed by atoms with Crippen molar-refractivity contribution in [2.75, 3.05) is 0 Å². The molecule has 0 saturated heterocycles. The molecule has 3 rings (SSSR count). The van der Waals surface area contributed by atoms with Gasteiger partial charge in [0.15, 0.2) is 5.01 Å². The van der Waals surface area contributed by atoms with Gasteiger partial charge < -0.3 is 5.32 Å². The van der Waals surface area contributed by atoms with Gasteiger partial charge in [0.25, 0.3) is 5.91 Å². The van der Waals surface area contributed by atoms with Gasteiger partial charge in [0.2, 0.25) is 5.01 Å². The molecule has 23 heavy (non-hydrogen) atoms. The number of nitrogens with one attached hydrogen (secondary N) is 1. The smallest absolute Gasteiger partial charge is 0.282 e. The average Bonchev–Trinajstić information content (AvgIpc) is 3.25.